The van der Waals surface area contributed by atoms with Crippen LogP contribution in [0.15, 0.2) is 42.5 Å². The smallest absolute Gasteiger partial charge is 0.259 e. The van der Waals surface area contributed by atoms with E-state index in [0.717, 1.165) is 5.56 Å². The van der Waals surface area contributed by atoms with Crippen molar-refractivity contribution in [3.8, 4) is 0 Å². The fraction of sp³-hybridized carbons (Fsp3) is 0.222. The summed E-state index contributed by atoms with van der Waals surface area (Å²) in [7, 11) is 0. The summed E-state index contributed by atoms with van der Waals surface area (Å²) in [6.07, 6.45) is 0. The summed E-state index contributed by atoms with van der Waals surface area (Å²) in [5, 5.41) is 2.79. The molecule has 6 heteroatoms. The minimum atomic E-state index is -0.803. The highest BCUT2D eigenvalue weighted by atomic mass is 35.5. The van der Waals surface area contributed by atoms with Gasteiger partial charge in [0.25, 0.3) is 5.91 Å². The topological polar surface area (TPSA) is 49.4 Å². The first-order chi connectivity index (χ1) is 11.5. The number of carbonyl (C=O) groups is 2. The number of nitrogens with zero attached hydrogens (tertiary/aromatic N) is 1. The summed E-state index contributed by atoms with van der Waals surface area (Å²) >= 11 is 6.01. The van der Waals surface area contributed by atoms with E-state index in [2.05, 4.69) is 5.32 Å². The third-order valence-electron chi connectivity index (χ3n) is 4.04. The van der Waals surface area contributed by atoms with Crippen LogP contribution in [0.4, 0.5) is 4.39 Å². The van der Waals surface area contributed by atoms with E-state index in [1.54, 1.807) is 12.1 Å². The van der Waals surface area contributed by atoms with Gasteiger partial charge in [0, 0.05) is 13.1 Å². The number of piperazine rings is 1. The maximum atomic E-state index is 14.1. The molecule has 1 fully saturated rings. The Balaban J connectivity index is 2.02. The molecule has 0 aliphatic carbocycles. The number of rotatable bonds is 2. The third-order valence-corrected chi connectivity index (χ3v) is 4.36. The van der Waals surface area contributed by atoms with Crippen molar-refractivity contribution in [1.82, 2.24) is 10.2 Å². The third kappa shape index (κ3) is 2.99. The lowest BCUT2D eigenvalue weighted by atomic mass is 10.00. The Morgan fingerprint density at radius 3 is 2.62 bits per heavy atom. The molecule has 2 aromatic carbocycles. The van der Waals surface area contributed by atoms with Gasteiger partial charge in [-0.05, 0) is 24.6 Å². The van der Waals surface area contributed by atoms with Crippen LogP contribution in [0, 0.1) is 12.7 Å². The Hall–Kier alpha value is -2.40. The summed E-state index contributed by atoms with van der Waals surface area (Å²) in [6.45, 7) is 2.54. The van der Waals surface area contributed by atoms with Crippen LogP contribution in [-0.2, 0) is 4.79 Å². The number of hydrogen-bond acceptors (Lipinski definition) is 2. The Kier molecular flexibility index (Phi) is 4.53. The number of aryl methyl sites for hydroxylation is 1. The molecule has 1 heterocycles. The van der Waals surface area contributed by atoms with E-state index in [1.807, 2.05) is 19.1 Å². The van der Waals surface area contributed by atoms with Gasteiger partial charge >= 0.3 is 0 Å². The van der Waals surface area contributed by atoms with E-state index in [9.17, 15) is 14.0 Å². The first-order valence-electron chi connectivity index (χ1n) is 7.58. The van der Waals surface area contributed by atoms with Crippen LogP contribution in [0.2, 0.25) is 5.02 Å². The van der Waals surface area contributed by atoms with Gasteiger partial charge in [0.1, 0.15) is 11.9 Å². The van der Waals surface area contributed by atoms with E-state index in [1.165, 1.54) is 23.1 Å². The molecule has 24 heavy (non-hydrogen) atoms. The van der Waals surface area contributed by atoms with Gasteiger partial charge in [-0.3, -0.25) is 9.59 Å². The molecule has 1 aliphatic heterocycles. The lowest BCUT2D eigenvalue weighted by Gasteiger charge is -2.35. The molecule has 124 valence electrons. The second kappa shape index (κ2) is 6.61. The Morgan fingerprint density at radius 2 is 1.96 bits per heavy atom. The first kappa shape index (κ1) is 16.5. The standard InChI is InChI=1S/C18H16ClFN2O2/c1-11-5-7-12(8-6-11)16-17(23)21-9-10-22(16)18(24)15-13(19)3-2-4-14(15)20/h2-8,16H,9-10H2,1H3,(H,21,23). The van der Waals surface area contributed by atoms with Crippen molar-refractivity contribution in [2.24, 2.45) is 0 Å². The lowest BCUT2D eigenvalue weighted by Crippen LogP contribution is -2.52. The van der Waals surface area contributed by atoms with Gasteiger partial charge in [0.05, 0.1) is 10.6 Å². The number of carbonyl (C=O) groups excluding carboxylic acids is 2. The van der Waals surface area contributed by atoms with Gasteiger partial charge in [0.2, 0.25) is 5.91 Å². The van der Waals surface area contributed by atoms with E-state index in [-0.39, 0.29) is 23.0 Å². The normalized spacial score (nSPS) is 17.5. The largest absolute Gasteiger partial charge is 0.352 e. The van der Waals surface area contributed by atoms with Crippen molar-refractivity contribution in [2.75, 3.05) is 13.1 Å². The van der Waals surface area contributed by atoms with E-state index < -0.39 is 17.8 Å². The summed E-state index contributed by atoms with van der Waals surface area (Å²) in [4.78, 5) is 26.6. The Labute approximate surface area is 144 Å². The average molecular weight is 347 g/mol. The zero-order valence-corrected chi connectivity index (χ0v) is 13.8. The summed E-state index contributed by atoms with van der Waals surface area (Å²) in [5.41, 5.74) is 1.52. The monoisotopic (exact) mass is 346 g/mol. The van der Waals surface area contributed by atoms with Crippen molar-refractivity contribution in [3.05, 3.63) is 70.0 Å². The van der Waals surface area contributed by atoms with E-state index in [0.29, 0.717) is 12.1 Å². The van der Waals surface area contributed by atoms with Crippen LogP contribution in [0.25, 0.3) is 0 Å². The molecule has 1 aliphatic rings. The molecular weight excluding hydrogens is 331 g/mol. The molecule has 0 radical (unpaired) electrons. The zero-order valence-electron chi connectivity index (χ0n) is 13.1. The molecule has 0 aromatic heterocycles. The fourth-order valence-corrected chi connectivity index (χ4v) is 3.06. The molecule has 0 spiro atoms. The predicted molar refractivity (Wildman–Crippen MR) is 89.4 cm³/mol. The van der Waals surface area contributed by atoms with Crippen molar-refractivity contribution in [1.29, 1.82) is 0 Å². The molecule has 3 rings (SSSR count). The van der Waals surface area contributed by atoms with Crippen molar-refractivity contribution < 1.29 is 14.0 Å². The lowest BCUT2D eigenvalue weighted by molar-refractivity contribution is -0.128. The van der Waals surface area contributed by atoms with Crippen LogP contribution < -0.4 is 5.32 Å². The van der Waals surface area contributed by atoms with Crippen molar-refractivity contribution >= 4 is 23.4 Å². The van der Waals surface area contributed by atoms with Crippen LogP contribution in [0.3, 0.4) is 0 Å². The van der Waals surface area contributed by atoms with Gasteiger partial charge in [-0.2, -0.15) is 0 Å². The SMILES string of the molecule is Cc1ccc(C2C(=O)NCCN2C(=O)c2c(F)cccc2Cl)cc1. The second-order valence-corrected chi connectivity index (χ2v) is 6.11. The highest BCUT2D eigenvalue weighted by Gasteiger charge is 2.36. The molecule has 1 N–H and O–H groups in total. The van der Waals surface area contributed by atoms with Crippen LogP contribution >= 0.6 is 11.6 Å². The molecule has 1 unspecified atom stereocenters. The van der Waals surface area contributed by atoms with Gasteiger partial charge in [0.15, 0.2) is 0 Å². The van der Waals surface area contributed by atoms with Crippen LogP contribution in [0.5, 0.6) is 0 Å². The Morgan fingerprint density at radius 1 is 1.25 bits per heavy atom. The molecule has 4 nitrogen and oxygen atoms in total. The minimum Gasteiger partial charge on any atom is -0.352 e. The molecule has 2 amide bonds. The highest BCUT2D eigenvalue weighted by molar-refractivity contribution is 6.33. The molecule has 2 aromatic rings. The van der Waals surface area contributed by atoms with Crippen LogP contribution in [0.1, 0.15) is 27.5 Å². The quantitative estimate of drug-likeness (QED) is 0.908. The average Bonchev–Trinajstić information content (AvgIpc) is 2.55. The van der Waals surface area contributed by atoms with Gasteiger partial charge in [-0.1, -0.05) is 47.5 Å². The highest BCUT2D eigenvalue weighted by Crippen LogP contribution is 2.28. The molecule has 0 saturated carbocycles. The van der Waals surface area contributed by atoms with Crippen molar-refractivity contribution in [3.63, 3.8) is 0 Å². The number of amides is 2. The zero-order chi connectivity index (χ0) is 17.3. The summed E-state index contributed by atoms with van der Waals surface area (Å²) in [5.74, 6) is -1.56. The number of benzene rings is 2. The Bertz CT molecular complexity index is 772. The molecule has 1 atom stereocenters. The van der Waals surface area contributed by atoms with E-state index >= 15 is 0 Å². The summed E-state index contributed by atoms with van der Waals surface area (Å²) < 4.78 is 14.1. The number of halogens is 2. The number of nitrogens with one attached hydrogen (secondary N) is 1. The molecule has 1 saturated heterocycles. The van der Waals surface area contributed by atoms with Crippen LogP contribution in [-0.4, -0.2) is 29.8 Å². The van der Waals surface area contributed by atoms with Gasteiger partial charge in [-0.15, -0.1) is 0 Å². The number of hydrogen-bond donors (Lipinski definition) is 1. The minimum absolute atomic E-state index is 0.0358. The van der Waals surface area contributed by atoms with Gasteiger partial charge in [-0.25, -0.2) is 4.39 Å². The van der Waals surface area contributed by atoms with E-state index in [4.69, 9.17) is 11.6 Å². The summed E-state index contributed by atoms with van der Waals surface area (Å²) in [6, 6.07) is 10.6. The second-order valence-electron chi connectivity index (χ2n) is 5.70. The molecule has 0 bridgehead atoms. The predicted octanol–water partition coefficient (Wildman–Crippen LogP) is 3.10. The maximum absolute atomic E-state index is 14.1. The molecular formula is C18H16ClFN2O2. The van der Waals surface area contributed by atoms with Gasteiger partial charge < -0.3 is 10.2 Å². The maximum Gasteiger partial charge on any atom is 0.259 e. The fourth-order valence-electron chi connectivity index (χ4n) is 2.81. The van der Waals surface area contributed by atoms with Crippen molar-refractivity contribution in [2.45, 2.75) is 13.0 Å². The first-order valence-corrected chi connectivity index (χ1v) is 7.96.